The van der Waals surface area contributed by atoms with Crippen LogP contribution in [0.1, 0.15) is 52.5 Å². The number of carbonyl (C=O) groups excluding carboxylic acids is 3. The molecule has 9 heteroatoms. The summed E-state index contributed by atoms with van der Waals surface area (Å²) in [6.45, 7) is 8.94. The van der Waals surface area contributed by atoms with Crippen LogP contribution in [0.5, 0.6) is 0 Å². The van der Waals surface area contributed by atoms with E-state index in [4.69, 9.17) is 9.15 Å². The SMILES string of the molecule is CC(=O)NCCCC[C@H](NC(=O)OC(C)(C)C)C(=O)Nc1ccc2c(C)cc(=O)oc2c1. The van der Waals surface area contributed by atoms with Crippen molar-refractivity contribution < 1.29 is 23.5 Å². The van der Waals surface area contributed by atoms with Crippen LogP contribution in [0.15, 0.2) is 33.5 Å². The lowest BCUT2D eigenvalue weighted by Gasteiger charge is -2.23. The van der Waals surface area contributed by atoms with Crippen molar-refractivity contribution in [2.24, 2.45) is 0 Å². The summed E-state index contributed by atoms with van der Waals surface area (Å²) >= 11 is 0. The minimum Gasteiger partial charge on any atom is -0.444 e. The average Bonchev–Trinajstić information content (AvgIpc) is 2.64. The Labute approximate surface area is 186 Å². The third-order valence-electron chi connectivity index (χ3n) is 4.52. The summed E-state index contributed by atoms with van der Waals surface area (Å²) < 4.78 is 10.5. The summed E-state index contributed by atoms with van der Waals surface area (Å²) in [5.41, 5.74) is 0.398. The van der Waals surface area contributed by atoms with E-state index in [0.29, 0.717) is 37.1 Å². The number of benzene rings is 1. The number of rotatable bonds is 8. The molecule has 0 saturated heterocycles. The van der Waals surface area contributed by atoms with E-state index in [1.807, 2.05) is 0 Å². The number of unbranched alkanes of at least 4 members (excludes halogenated alkanes) is 1. The lowest BCUT2D eigenvalue weighted by Crippen LogP contribution is -2.45. The second-order valence-electron chi connectivity index (χ2n) is 8.63. The van der Waals surface area contributed by atoms with Gasteiger partial charge in [-0.15, -0.1) is 0 Å². The normalized spacial score (nSPS) is 12.2. The van der Waals surface area contributed by atoms with E-state index >= 15 is 0 Å². The number of hydrogen-bond donors (Lipinski definition) is 3. The molecule has 1 aromatic carbocycles. The van der Waals surface area contributed by atoms with Crippen molar-refractivity contribution in [2.75, 3.05) is 11.9 Å². The van der Waals surface area contributed by atoms with Gasteiger partial charge in [-0.2, -0.15) is 0 Å². The van der Waals surface area contributed by atoms with Gasteiger partial charge in [0.25, 0.3) is 0 Å². The molecule has 32 heavy (non-hydrogen) atoms. The number of amides is 3. The number of anilines is 1. The Morgan fingerprint density at radius 1 is 1.12 bits per heavy atom. The van der Waals surface area contributed by atoms with Gasteiger partial charge >= 0.3 is 11.7 Å². The molecule has 9 nitrogen and oxygen atoms in total. The minimum absolute atomic E-state index is 0.121. The smallest absolute Gasteiger partial charge is 0.408 e. The highest BCUT2D eigenvalue weighted by Crippen LogP contribution is 2.21. The van der Waals surface area contributed by atoms with E-state index in [0.717, 1.165) is 10.9 Å². The van der Waals surface area contributed by atoms with Crippen molar-refractivity contribution in [3.8, 4) is 0 Å². The fourth-order valence-corrected chi connectivity index (χ4v) is 3.09. The highest BCUT2D eigenvalue weighted by molar-refractivity contribution is 5.98. The third kappa shape index (κ3) is 8.05. The Morgan fingerprint density at radius 2 is 1.84 bits per heavy atom. The molecule has 3 N–H and O–H groups in total. The molecule has 174 valence electrons. The second kappa shape index (κ2) is 10.8. The lowest BCUT2D eigenvalue weighted by atomic mass is 10.1. The number of aryl methyl sites for hydroxylation is 1. The number of hydrogen-bond acceptors (Lipinski definition) is 6. The molecule has 1 atom stereocenters. The number of alkyl carbamates (subject to hydrolysis) is 1. The van der Waals surface area contributed by atoms with Gasteiger partial charge < -0.3 is 25.1 Å². The zero-order chi connectivity index (χ0) is 23.9. The Morgan fingerprint density at radius 3 is 2.50 bits per heavy atom. The van der Waals surface area contributed by atoms with Crippen molar-refractivity contribution >= 4 is 34.6 Å². The molecule has 0 spiro atoms. The summed E-state index contributed by atoms with van der Waals surface area (Å²) in [4.78, 5) is 47.8. The Balaban J connectivity index is 2.11. The molecule has 0 aliphatic heterocycles. The lowest BCUT2D eigenvalue weighted by molar-refractivity contribution is -0.119. The van der Waals surface area contributed by atoms with Crippen molar-refractivity contribution in [2.45, 2.75) is 65.5 Å². The fraction of sp³-hybridized carbons (Fsp3) is 0.478. The first-order valence-corrected chi connectivity index (χ1v) is 10.5. The van der Waals surface area contributed by atoms with Gasteiger partial charge in [-0.05, 0) is 64.7 Å². The quantitative estimate of drug-likeness (QED) is 0.423. The van der Waals surface area contributed by atoms with Crippen LogP contribution < -0.4 is 21.6 Å². The number of ether oxygens (including phenoxy) is 1. The largest absolute Gasteiger partial charge is 0.444 e. The Bertz CT molecular complexity index is 1040. The molecule has 0 unspecified atom stereocenters. The van der Waals surface area contributed by atoms with E-state index in [9.17, 15) is 19.2 Å². The van der Waals surface area contributed by atoms with Crippen molar-refractivity contribution in [1.82, 2.24) is 10.6 Å². The molecule has 0 radical (unpaired) electrons. The van der Waals surface area contributed by atoms with Gasteiger partial charge in [0, 0.05) is 36.7 Å². The zero-order valence-corrected chi connectivity index (χ0v) is 19.2. The highest BCUT2D eigenvalue weighted by atomic mass is 16.6. The predicted octanol–water partition coefficient (Wildman–Crippen LogP) is 3.24. The van der Waals surface area contributed by atoms with Gasteiger partial charge in [0.05, 0.1) is 0 Å². The van der Waals surface area contributed by atoms with Crippen LogP contribution >= 0.6 is 0 Å². The first kappa shape index (κ1) is 24.9. The second-order valence-corrected chi connectivity index (χ2v) is 8.63. The first-order valence-electron chi connectivity index (χ1n) is 10.5. The summed E-state index contributed by atoms with van der Waals surface area (Å²) in [6, 6.07) is 5.59. The maximum Gasteiger partial charge on any atom is 0.408 e. The number of nitrogens with one attached hydrogen (secondary N) is 3. The van der Waals surface area contributed by atoms with Crippen molar-refractivity contribution in [3.63, 3.8) is 0 Å². The molecule has 0 aliphatic carbocycles. The maximum atomic E-state index is 12.9. The van der Waals surface area contributed by atoms with E-state index in [1.54, 1.807) is 45.9 Å². The third-order valence-corrected chi connectivity index (χ3v) is 4.52. The Kier molecular flexibility index (Phi) is 8.40. The van der Waals surface area contributed by atoms with Crippen LogP contribution in [0.3, 0.4) is 0 Å². The number of fused-ring (bicyclic) bond motifs is 1. The summed E-state index contributed by atoms with van der Waals surface area (Å²) in [5.74, 6) is -0.547. The van der Waals surface area contributed by atoms with Crippen LogP contribution in [0.4, 0.5) is 10.5 Å². The topological polar surface area (TPSA) is 127 Å². The molecule has 2 rings (SSSR count). The van der Waals surface area contributed by atoms with Gasteiger partial charge in [-0.3, -0.25) is 9.59 Å². The van der Waals surface area contributed by atoms with Crippen LogP contribution in [0, 0.1) is 6.92 Å². The highest BCUT2D eigenvalue weighted by Gasteiger charge is 2.24. The van der Waals surface area contributed by atoms with Crippen molar-refractivity contribution in [3.05, 3.63) is 40.2 Å². The monoisotopic (exact) mass is 445 g/mol. The van der Waals surface area contributed by atoms with Crippen LogP contribution in [0.2, 0.25) is 0 Å². The van der Waals surface area contributed by atoms with Gasteiger partial charge in [0.15, 0.2) is 0 Å². The molecule has 1 aromatic heterocycles. The summed E-state index contributed by atoms with van der Waals surface area (Å²) in [6.07, 6.45) is 0.909. The maximum absolute atomic E-state index is 12.9. The van der Waals surface area contributed by atoms with Crippen LogP contribution in [-0.2, 0) is 14.3 Å². The average molecular weight is 446 g/mol. The van der Waals surface area contributed by atoms with Crippen molar-refractivity contribution in [1.29, 1.82) is 0 Å². The molecule has 2 aromatic rings. The molecule has 0 aliphatic rings. The van der Waals surface area contributed by atoms with Gasteiger partial charge in [0.1, 0.15) is 17.2 Å². The van der Waals surface area contributed by atoms with E-state index in [-0.39, 0.29) is 5.91 Å². The Hall–Kier alpha value is -3.36. The molecule has 0 fully saturated rings. The van der Waals surface area contributed by atoms with Crippen LogP contribution in [-0.4, -0.2) is 36.1 Å². The summed E-state index contributed by atoms with van der Waals surface area (Å²) in [7, 11) is 0. The number of carbonyl (C=O) groups is 3. The van der Waals surface area contributed by atoms with Gasteiger partial charge in [0.2, 0.25) is 11.8 Å². The van der Waals surface area contributed by atoms with E-state index in [1.165, 1.54) is 13.0 Å². The first-order chi connectivity index (χ1) is 14.9. The molecule has 1 heterocycles. The molecular weight excluding hydrogens is 414 g/mol. The zero-order valence-electron chi connectivity index (χ0n) is 19.2. The standard InChI is InChI=1S/C23H31N3O6/c1-14-12-20(28)31-19-13-16(9-10-17(14)19)25-21(29)18(8-6-7-11-24-15(2)27)26-22(30)32-23(3,4)5/h9-10,12-13,18H,6-8,11H2,1-5H3,(H,24,27)(H,25,29)(H,26,30)/t18-/m0/s1. The molecule has 0 bridgehead atoms. The van der Waals surface area contributed by atoms with Crippen LogP contribution in [0.25, 0.3) is 11.0 Å². The summed E-state index contributed by atoms with van der Waals surface area (Å²) in [5, 5.41) is 8.84. The van der Waals surface area contributed by atoms with E-state index < -0.39 is 29.3 Å². The fourth-order valence-electron chi connectivity index (χ4n) is 3.09. The molecular formula is C23H31N3O6. The molecule has 0 saturated carbocycles. The molecule has 3 amide bonds. The minimum atomic E-state index is -0.845. The van der Waals surface area contributed by atoms with Gasteiger partial charge in [-0.25, -0.2) is 9.59 Å². The van der Waals surface area contributed by atoms with E-state index in [2.05, 4.69) is 16.0 Å². The van der Waals surface area contributed by atoms with Gasteiger partial charge in [-0.1, -0.05) is 0 Å². The predicted molar refractivity (Wildman–Crippen MR) is 122 cm³/mol.